The van der Waals surface area contributed by atoms with Crippen LogP contribution in [0.5, 0.6) is 5.75 Å². The van der Waals surface area contributed by atoms with E-state index in [9.17, 15) is 4.79 Å². The van der Waals surface area contributed by atoms with Crippen LogP contribution >= 0.6 is 0 Å². The van der Waals surface area contributed by atoms with E-state index >= 15 is 0 Å². The van der Waals surface area contributed by atoms with E-state index in [-0.39, 0.29) is 6.61 Å². The highest BCUT2D eigenvalue weighted by Gasteiger charge is 2.02. The molecule has 0 aliphatic heterocycles. The zero-order chi connectivity index (χ0) is 14.4. The lowest BCUT2D eigenvalue weighted by Gasteiger charge is -2.07. The number of ether oxygens (including phenoxy) is 2. The molecule has 0 aromatic heterocycles. The van der Waals surface area contributed by atoms with Crippen LogP contribution in [0, 0.1) is 0 Å². The van der Waals surface area contributed by atoms with Crippen LogP contribution < -0.4 is 10.1 Å². The number of esters is 1. The number of hydrogen-bond donors (Lipinski definition) is 1. The fourth-order valence-electron chi connectivity index (χ4n) is 1.77. The summed E-state index contributed by atoms with van der Waals surface area (Å²) >= 11 is 0. The third-order valence-corrected chi connectivity index (χ3v) is 2.95. The monoisotopic (exact) mass is 271 g/mol. The minimum atomic E-state index is -0.392. The predicted molar refractivity (Wildman–Crippen MR) is 78.9 cm³/mol. The number of benzene rings is 2. The molecule has 2 aromatic carbocycles. The van der Waals surface area contributed by atoms with Gasteiger partial charge in [-0.15, -0.1) is 0 Å². The maximum atomic E-state index is 11.0. The van der Waals surface area contributed by atoms with Gasteiger partial charge in [0.25, 0.3) is 0 Å². The Morgan fingerprint density at radius 1 is 1.00 bits per heavy atom. The number of carbonyl (C=O) groups excluding carboxylic acids is 1. The van der Waals surface area contributed by atoms with E-state index in [1.807, 2.05) is 43.4 Å². The number of carbonyl (C=O) groups is 1. The summed E-state index contributed by atoms with van der Waals surface area (Å²) in [6.07, 6.45) is 0. The molecule has 0 aliphatic carbocycles. The van der Waals surface area contributed by atoms with E-state index in [0.29, 0.717) is 5.75 Å². The second kappa shape index (κ2) is 6.61. The Balaban J connectivity index is 2.05. The minimum absolute atomic E-state index is 0.0767. The third kappa shape index (κ3) is 3.51. The molecule has 0 saturated carbocycles. The van der Waals surface area contributed by atoms with Crippen molar-refractivity contribution in [3.8, 4) is 16.9 Å². The molecule has 0 bridgehead atoms. The SMILES string of the molecule is CNc1ccc(-c2ccc(OCC(=O)OC)cc2)cc1. The zero-order valence-corrected chi connectivity index (χ0v) is 11.6. The first-order chi connectivity index (χ1) is 9.72. The molecular formula is C16H17NO3. The molecular weight excluding hydrogens is 254 g/mol. The number of rotatable bonds is 5. The van der Waals surface area contributed by atoms with E-state index in [1.54, 1.807) is 0 Å². The number of anilines is 1. The molecule has 0 aliphatic rings. The second-order valence-corrected chi connectivity index (χ2v) is 4.22. The molecule has 0 atom stereocenters. The Bertz CT molecular complexity index is 561. The van der Waals surface area contributed by atoms with Gasteiger partial charge >= 0.3 is 5.97 Å². The molecule has 0 saturated heterocycles. The van der Waals surface area contributed by atoms with E-state index < -0.39 is 5.97 Å². The molecule has 4 nitrogen and oxygen atoms in total. The highest BCUT2D eigenvalue weighted by Crippen LogP contribution is 2.23. The molecule has 0 radical (unpaired) electrons. The molecule has 4 heteroatoms. The molecule has 2 rings (SSSR count). The highest BCUT2D eigenvalue weighted by molar-refractivity contribution is 5.71. The fraction of sp³-hybridized carbons (Fsp3) is 0.188. The van der Waals surface area contributed by atoms with Crippen molar-refractivity contribution in [1.29, 1.82) is 0 Å². The van der Waals surface area contributed by atoms with Gasteiger partial charge in [-0.2, -0.15) is 0 Å². The van der Waals surface area contributed by atoms with Gasteiger partial charge in [0.2, 0.25) is 0 Å². The van der Waals surface area contributed by atoms with E-state index in [4.69, 9.17) is 4.74 Å². The van der Waals surface area contributed by atoms with Gasteiger partial charge in [-0.3, -0.25) is 0 Å². The van der Waals surface area contributed by atoms with Gasteiger partial charge in [-0.05, 0) is 35.4 Å². The molecule has 0 spiro atoms. The van der Waals surface area contributed by atoms with Gasteiger partial charge in [-0.1, -0.05) is 24.3 Å². The van der Waals surface area contributed by atoms with Crippen LogP contribution in [0.3, 0.4) is 0 Å². The van der Waals surface area contributed by atoms with Crippen LogP contribution in [0.2, 0.25) is 0 Å². The zero-order valence-electron chi connectivity index (χ0n) is 11.6. The Hall–Kier alpha value is -2.49. The second-order valence-electron chi connectivity index (χ2n) is 4.22. The van der Waals surface area contributed by atoms with Gasteiger partial charge in [0.1, 0.15) is 5.75 Å². The minimum Gasteiger partial charge on any atom is -0.482 e. The molecule has 0 amide bonds. The van der Waals surface area contributed by atoms with Gasteiger partial charge in [0.15, 0.2) is 6.61 Å². The van der Waals surface area contributed by atoms with Gasteiger partial charge in [-0.25, -0.2) is 4.79 Å². The largest absolute Gasteiger partial charge is 0.482 e. The van der Waals surface area contributed by atoms with E-state index in [0.717, 1.165) is 16.8 Å². The van der Waals surface area contributed by atoms with E-state index in [2.05, 4.69) is 22.2 Å². The van der Waals surface area contributed by atoms with Crippen LogP contribution in [-0.2, 0) is 9.53 Å². The van der Waals surface area contributed by atoms with Gasteiger partial charge < -0.3 is 14.8 Å². The number of nitrogens with one attached hydrogen (secondary N) is 1. The first-order valence-corrected chi connectivity index (χ1v) is 6.31. The summed E-state index contributed by atoms with van der Waals surface area (Å²) in [5, 5.41) is 3.08. The molecule has 0 unspecified atom stereocenters. The first-order valence-electron chi connectivity index (χ1n) is 6.31. The van der Waals surface area contributed by atoms with Crippen LogP contribution in [-0.4, -0.2) is 26.7 Å². The van der Waals surface area contributed by atoms with Crippen molar-refractivity contribution in [1.82, 2.24) is 0 Å². The van der Waals surface area contributed by atoms with Crippen molar-refractivity contribution < 1.29 is 14.3 Å². The molecule has 2 aromatic rings. The van der Waals surface area contributed by atoms with Crippen LogP contribution in [0.1, 0.15) is 0 Å². The van der Waals surface area contributed by atoms with Crippen molar-refractivity contribution in [2.45, 2.75) is 0 Å². The maximum absolute atomic E-state index is 11.0. The van der Waals surface area contributed by atoms with Crippen molar-refractivity contribution in [2.75, 3.05) is 26.1 Å². The van der Waals surface area contributed by atoms with Crippen LogP contribution in [0.25, 0.3) is 11.1 Å². The standard InChI is InChI=1S/C16H17NO3/c1-17-14-7-3-12(4-8-14)13-5-9-15(10-6-13)20-11-16(18)19-2/h3-10,17H,11H2,1-2H3. The highest BCUT2D eigenvalue weighted by atomic mass is 16.6. The van der Waals surface area contributed by atoms with Crippen molar-refractivity contribution in [3.05, 3.63) is 48.5 Å². The topological polar surface area (TPSA) is 47.6 Å². The average molecular weight is 271 g/mol. The normalized spacial score (nSPS) is 9.90. The van der Waals surface area contributed by atoms with Crippen molar-refractivity contribution in [3.63, 3.8) is 0 Å². The van der Waals surface area contributed by atoms with Crippen LogP contribution in [0.15, 0.2) is 48.5 Å². The van der Waals surface area contributed by atoms with E-state index in [1.165, 1.54) is 7.11 Å². The summed E-state index contributed by atoms with van der Waals surface area (Å²) in [7, 11) is 3.23. The quantitative estimate of drug-likeness (QED) is 0.849. The molecule has 104 valence electrons. The molecule has 0 heterocycles. The first kappa shape index (κ1) is 13.9. The summed E-state index contributed by atoms with van der Waals surface area (Å²) in [6, 6.07) is 15.7. The predicted octanol–water partition coefficient (Wildman–Crippen LogP) is 2.95. The Kier molecular flexibility index (Phi) is 4.60. The lowest BCUT2D eigenvalue weighted by Crippen LogP contribution is -2.12. The van der Waals surface area contributed by atoms with Crippen molar-refractivity contribution in [2.24, 2.45) is 0 Å². The Morgan fingerprint density at radius 3 is 2.05 bits per heavy atom. The number of hydrogen-bond acceptors (Lipinski definition) is 4. The van der Waals surface area contributed by atoms with Gasteiger partial charge in [0, 0.05) is 12.7 Å². The average Bonchev–Trinajstić information content (AvgIpc) is 2.53. The third-order valence-electron chi connectivity index (χ3n) is 2.95. The fourth-order valence-corrected chi connectivity index (χ4v) is 1.77. The smallest absolute Gasteiger partial charge is 0.343 e. The maximum Gasteiger partial charge on any atom is 0.343 e. The molecule has 1 N–H and O–H groups in total. The van der Waals surface area contributed by atoms with Crippen molar-refractivity contribution >= 4 is 11.7 Å². The number of methoxy groups -OCH3 is 1. The molecule has 0 fully saturated rings. The van der Waals surface area contributed by atoms with Crippen LogP contribution in [0.4, 0.5) is 5.69 Å². The summed E-state index contributed by atoms with van der Waals surface area (Å²) in [6.45, 7) is -0.0767. The Labute approximate surface area is 118 Å². The summed E-state index contributed by atoms with van der Waals surface area (Å²) in [5.41, 5.74) is 3.30. The lowest BCUT2D eigenvalue weighted by atomic mass is 10.1. The van der Waals surface area contributed by atoms with Gasteiger partial charge in [0.05, 0.1) is 7.11 Å². The molecule has 20 heavy (non-hydrogen) atoms. The Morgan fingerprint density at radius 2 is 1.55 bits per heavy atom. The summed E-state index contributed by atoms with van der Waals surface area (Å²) < 4.78 is 9.82. The lowest BCUT2D eigenvalue weighted by molar-refractivity contribution is -0.142. The summed E-state index contributed by atoms with van der Waals surface area (Å²) in [4.78, 5) is 11.0. The summed E-state index contributed by atoms with van der Waals surface area (Å²) in [5.74, 6) is 0.253.